The largest absolute Gasteiger partial charge is 0.361 e. The number of fused-ring (bicyclic) bond motifs is 1. The predicted octanol–water partition coefficient (Wildman–Crippen LogP) is 3.87. The summed E-state index contributed by atoms with van der Waals surface area (Å²) in [6.45, 7) is 1.64. The second kappa shape index (κ2) is 4.81. The number of carbonyl (C=O) groups excluding carboxylic acids is 1. The number of H-pyrrole nitrogens is 1. The number of anilines is 1. The molecule has 100 valence electrons. The Morgan fingerprint density at radius 3 is 2.90 bits per heavy atom. The van der Waals surface area contributed by atoms with Crippen molar-refractivity contribution in [3.05, 3.63) is 65.6 Å². The molecule has 0 radical (unpaired) electrons. The number of benzene rings is 2. The maximum atomic E-state index is 13.9. The number of aromatic nitrogens is 1. The molecule has 3 rings (SSSR count). The number of amides is 1. The molecule has 0 spiro atoms. The lowest BCUT2D eigenvalue weighted by Gasteiger charge is -2.07. The summed E-state index contributed by atoms with van der Waals surface area (Å²) in [5, 5.41) is 3.71. The molecule has 0 bridgehead atoms. The second-order valence-electron chi connectivity index (χ2n) is 4.67. The molecular weight excluding hydrogens is 255 g/mol. The van der Waals surface area contributed by atoms with Crippen LogP contribution in [0.1, 0.15) is 15.9 Å². The van der Waals surface area contributed by atoms with E-state index in [2.05, 4.69) is 10.3 Å². The van der Waals surface area contributed by atoms with Gasteiger partial charge in [-0.05, 0) is 42.8 Å². The van der Waals surface area contributed by atoms with Gasteiger partial charge in [-0.15, -0.1) is 0 Å². The van der Waals surface area contributed by atoms with Gasteiger partial charge in [-0.1, -0.05) is 12.1 Å². The van der Waals surface area contributed by atoms with Crippen LogP contribution in [0.15, 0.2) is 48.7 Å². The first-order valence-electron chi connectivity index (χ1n) is 6.29. The molecule has 20 heavy (non-hydrogen) atoms. The smallest absolute Gasteiger partial charge is 0.258 e. The number of carbonyl (C=O) groups is 1. The van der Waals surface area contributed by atoms with Crippen LogP contribution in [0, 0.1) is 12.7 Å². The highest BCUT2D eigenvalue weighted by Crippen LogP contribution is 2.19. The molecule has 0 saturated carbocycles. The van der Waals surface area contributed by atoms with Crippen molar-refractivity contribution in [1.29, 1.82) is 0 Å². The summed E-state index contributed by atoms with van der Waals surface area (Å²) in [5.41, 5.74) is 2.14. The Hall–Kier alpha value is -2.62. The average Bonchev–Trinajstić information content (AvgIpc) is 2.89. The van der Waals surface area contributed by atoms with E-state index in [1.54, 1.807) is 25.1 Å². The van der Waals surface area contributed by atoms with Gasteiger partial charge < -0.3 is 10.3 Å². The van der Waals surface area contributed by atoms with Crippen molar-refractivity contribution in [2.24, 2.45) is 0 Å². The molecule has 0 aliphatic rings. The van der Waals surface area contributed by atoms with Crippen LogP contribution in [0.25, 0.3) is 10.9 Å². The topological polar surface area (TPSA) is 44.9 Å². The third-order valence-electron chi connectivity index (χ3n) is 3.25. The van der Waals surface area contributed by atoms with Gasteiger partial charge in [0.25, 0.3) is 5.91 Å². The van der Waals surface area contributed by atoms with Crippen molar-refractivity contribution in [2.45, 2.75) is 6.92 Å². The van der Waals surface area contributed by atoms with Gasteiger partial charge >= 0.3 is 0 Å². The summed E-state index contributed by atoms with van der Waals surface area (Å²) in [5.74, 6) is -0.922. The van der Waals surface area contributed by atoms with Gasteiger partial charge in [0.15, 0.2) is 0 Å². The van der Waals surface area contributed by atoms with E-state index in [9.17, 15) is 9.18 Å². The molecule has 4 heteroatoms. The van der Waals surface area contributed by atoms with E-state index < -0.39 is 11.7 Å². The lowest BCUT2D eigenvalue weighted by atomic mass is 10.1. The average molecular weight is 268 g/mol. The highest BCUT2D eigenvalue weighted by Gasteiger charge is 2.13. The van der Waals surface area contributed by atoms with Gasteiger partial charge in [0, 0.05) is 22.8 Å². The molecule has 1 heterocycles. The summed E-state index contributed by atoms with van der Waals surface area (Å²) in [4.78, 5) is 15.2. The Morgan fingerprint density at radius 1 is 1.20 bits per heavy atom. The maximum Gasteiger partial charge on any atom is 0.258 e. The first-order chi connectivity index (χ1) is 9.65. The standard InChI is InChI=1S/C16H13FN2O/c1-10-3-2-4-13(15(10)17)16(20)19-12-5-6-14-11(9-12)7-8-18-14/h2-9,18H,1H3,(H,19,20). The maximum absolute atomic E-state index is 13.9. The predicted molar refractivity (Wildman–Crippen MR) is 77.4 cm³/mol. The summed E-state index contributed by atoms with van der Waals surface area (Å²) in [7, 11) is 0. The molecule has 2 N–H and O–H groups in total. The minimum absolute atomic E-state index is 0.0548. The molecule has 2 aromatic carbocycles. The number of nitrogens with one attached hydrogen (secondary N) is 2. The number of rotatable bonds is 2. The summed E-state index contributed by atoms with van der Waals surface area (Å²) < 4.78 is 13.9. The van der Waals surface area contributed by atoms with Crippen molar-refractivity contribution in [3.8, 4) is 0 Å². The van der Waals surface area contributed by atoms with Crippen molar-refractivity contribution in [1.82, 2.24) is 4.98 Å². The van der Waals surface area contributed by atoms with Crippen molar-refractivity contribution in [3.63, 3.8) is 0 Å². The second-order valence-corrected chi connectivity index (χ2v) is 4.67. The van der Waals surface area contributed by atoms with Gasteiger partial charge in [0.05, 0.1) is 5.56 Å². The van der Waals surface area contributed by atoms with Crippen molar-refractivity contribution < 1.29 is 9.18 Å². The Bertz CT molecular complexity index is 792. The summed E-state index contributed by atoms with van der Waals surface area (Å²) in [6.07, 6.45) is 1.83. The minimum atomic E-state index is -0.479. The number of aryl methyl sites for hydroxylation is 1. The molecule has 0 atom stereocenters. The van der Waals surface area contributed by atoms with Gasteiger partial charge in [0.1, 0.15) is 5.82 Å². The van der Waals surface area contributed by atoms with Gasteiger partial charge in [-0.25, -0.2) is 4.39 Å². The number of aromatic amines is 1. The van der Waals surface area contributed by atoms with Crippen LogP contribution in [-0.4, -0.2) is 10.9 Å². The first-order valence-corrected chi connectivity index (χ1v) is 6.29. The molecular formula is C16H13FN2O. The van der Waals surface area contributed by atoms with E-state index in [-0.39, 0.29) is 5.56 Å². The van der Waals surface area contributed by atoms with Crippen LogP contribution in [0.4, 0.5) is 10.1 Å². The lowest BCUT2D eigenvalue weighted by Crippen LogP contribution is -2.14. The molecule has 1 aromatic heterocycles. The van der Waals surface area contributed by atoms with E-state index in [0.29, 0.717) is 11.3 Å². The molecule has 1 amide bonds. The van der Waals surface area contributed by atoms with Gasteiger partial charge in [-0.3, -0.25) is 4.79 Å². The van der Waals surface area contributed by atoms with E-state index in [1.807, 2.05) is 24.4 Å². The van der Waals surface area contributed by atoms with Crippen molar-refractivity contribution >= 4 is 22.5 Å². The normalized spacial score (nSPS) is 10.7. The highest BCUT2D eigenvalue weighted by molar-refractivity contribution is 6.05. The van der Waals surface area contributed by atoms with Gasteiger partial charge in [0.2, 0.25) is 0 Å². The van der Waals surface area contributed by atoms with Crippen LogP contribution in [-0.2, 0) is 0 Å². The Labute approximate surface area is 115 Å². The minimum Gasteiger partial charge on any atom is -0.361 e. The number of hydrogen-bond acceptors (Lipinski definition) is 1. The molecule has 0 aliphatic carbocycles. The van der Waals surface area contributed by atoms with E-state index in [1.165, 1.54) is 6.07 Å². The third-order valence-corrected chi connectivity index (χ3v) is 3.25. The van der Waals surface area contributed by atoms with E-state index >= 15 is 0 Å². The van der Waals surface area contributed by atoms with Crippen LogP contribution >= 0.6 is 0 Å². The fraction of sp³-hybridized carbons (Fsp3) is 0.0625. The fourth-order valence-electron chi connectivity index (χ4n) is 2.15. The zero-order valence-corrected chi connectivity index (χ0v) is 10.9. The number of hydrogen-bond donors (Lipinski definition) is 2. The monoisotopic (exact) mass is 268 g/mol. The van der Waals surface area contributed by atoms with Crippen molar-refractivity contribution in [2.75, 3.05) is 5.32 Å². The van der Waals surface area contributed by atoms with Crippen LogP contribution < -0.4 is 5.32 Å². The van der Waals surface area contributed by atoms with E-state index in [0.717, 1.165) is 10.9 Å². The van der Waals surface area contributed by atoms with Gasteiger partial charge in [-0.2, -0.15) is 0 Å². The molecule has 0 fully saturated rings. The van der Waals surface area contributed by atoms with E-state index in [4.69, 9.17) is 0 Å². The molecule has 3 nitrogen and oxygen atoms in total. The lowest BCUT2D eigenvalue weighted by molar-refractivity contribution is 0.102. The highest BCUT2D eigenvalue weighted by atomic mass is 19.1. The summed E-state index contributed by atoms with van der Waals surface area (Å²) in [6, 6.07) is 12.2. The van der Waals surface area contributed by atoms with Crippen LogP contribution in [0.2, 0.25) is 0 Å². The Kier molecular flexibility index (Phi) is 2.99. The SMILES string of the molecule is Cc1cccc(C(=O)Nc2ccc3[nH]ccc3c2)c1F. The van der Waals surface area contributed by atoms with Crippen LogP contribution in [0.5, 0.6) is 0 Å². The Morgan fingerprint density at radius 2 is 2.05 bits per heavy atom. The molecule has 0 aliphatic heterocycles. The molecule has 0 saturated heterocycles. The zero-order chi connectivity index (χ0) is 14.1. The van der Waals surface area contributed by atoms with Crippen LogP contribution in [0.3, 0.4) is 0 Å². The third kappa shape index (κ3) is 2.16. The zero-order valence-electron chi connectivity index (χ0n) is 10.9. The Balaban J connectivity index is 1.90. The number of halogens is 1. The molecule has 3 aromatic rings. The fourth-order valence-corrected chi connectivity index (χ4v) is 2.15. The quantitative estimate of drug-likeness (QED) is 0.728. The summed E-state index contributed by atoms with van der Waals surface area (Å²) >= 11 is 0. The molecule has 0 unspecified atom stereocenters. The first kappa shape index (κ1) is 12.4.